The molecule has 1 aromatic carbocycles. The Hall–Kier alpha value is -1.55. The molecule has 0 radical (unpaired) electrons. The fourth-order valence-electron chi connectivity index (χ4n) is 2.86. The van der Waals surface area contributed by atoms with E-state index < -0.39 is 5.60 Å². The van der Waals surface area contributed by atoms with Crippen molar-refractivity contribution in [1.29, 1.82) is 0 Å². The zero-order valence-corrected chi connectivity index (χ0v) is 13.1. The maximum Gasteiger partial charge on any atom is 0.256 e. The minimum atomic E-state index is -0.665. The van der Waals surface area contributed by atoms with Gasteiger partial charge in [-0.1, -0.05) is 6.92 Å². The van der Waals surface area contributed by atoms with E-state index in [9.17, 15) is 4.79 Å². The van der Waals surface area contributed by atoms with Gasteiger partial charge >= 0.3 is 0 Å². The summed E-state index contributed by atoms with van der Waals surface area (Å²) in [6.07, 6.45) is 3.67. The summed E-state index contributed by atoms with van der Waals surface area (Å²) in [5, 5.41) is 2.98. The summed E-state index contributed by atoms with van der Waals surface area (Å²) in [6.45, 7) is 4.74. The third-order valence-corrected chi connectivity index (χ3v) is 4.26. The van der Waals surface area contributed by atoms with Crippen LogP contribution in [0.1, 0.15) is 39.5 Å². The SMILES string of the molecule is CCOC1(C(=O)Nc2ccc(OC)cc2)CCC(C)CC1. The predicted molar refractivity (Wildman–Crippen MR) is 83.6 cm³/mol. The molecule has 2 rings (SSSR count). The van der Waals surface area contributed by atoms with Crippen LogP contribution in [0.3, 0.4) is 0 Å². The number of anilines is 1. The summed E-state index contributed by atoms with van der Waals surface area (Å²) >= 11 is 0. The maximum absolute atomic E-state index is 12.7. The van der Waals surface area contributed by atoms with Crippen LogP contribution in [0.15, 0.2) is 24.3 Å². The lowest BCUT2D eigenvalue weighted by Crippen LogP contribution is -2.48. The van der Waals surface area contributed by atoms with Crippen LogP contribution in [-0.4, -0.2) is 25.2 Å². The highest BCUT2D eigenvalue weighted by atomic mass is 16.5. The number of hydrogen-bond acceptors (Lipinski definition) is 3. The van der Waals surface area contributed by atoms with Crippen LogP contribution in [0.2, 0.25) is 0 Å². The second-order valence-electron chi connectivity index (χ2n) is 5.79. The van der Waals surface area contributed by atoms with Crippen LogP contribution in [0, 0.1) is 5.92 Å². The van der Waals surface area contributed by atoms with Crippen LogP contribution in [0.4, 0.5) is 5.69 Å². The summed E-state index contributed by atoms with van der Waals surface area (Å²) in [4.78, 5) is 12.7. The molecule has 0 aromatic heterocycles. The van der Waals surface area contributed by atoms with Gasteiger partial charge in [0, 0.05) is 12.3 Å². The van der Waals surface area contributed by atoms with Crippen molar-refractivity contribution in [3.05, 3.63) is 24.3 Å². The first-order valence-electron chi connectivity index (χ1n) is 7.69. The highest BCUT2D eigenvalue weighted by molar-refractivity contribution is 5.97. The zero-order chi connectivity index (χ0) is 15.3. The Bertz CT molecular complexity index is 461. The van der Waals surface area contributed by atoms with Crippen molar-refractivity contribution in [2.75, 3.05) is 19.0 Å². The zero-order valence-electron chi connectivity index (χ0n) is 13.1. The largest absolute Gasteiger partial charge is 0.497 e. The molecule has 1 aromatic rings. The molecular formula is C17H25NO3. The predicted octanol–water partition coefficient (Wildman–Crippen LogP) is 3.62. The highest BCUT2D eigenvalue weighted by Gasteiger charge is 2.41. The smallest absolute Gasteiger partial charge is 0.256 e. The van der Waals surface area contributed by atoms with E-state index in [0.717, 1.165) is 37.1 Å². The van der Waals surface area contributed by atoms with Gasteiger partial charge in [0.1, 0.15) is 11.4 Å². The van der Waals surface area contributed by atoms with Crippen molar-refractivity contribution in [3.8, 4) is 5.75 Å². The third-order valence-electron chi connectivity index (χ3n) is 4.26. The number of rotatable bonds is 5. The van der Waals surface area contributed by atoms with Crippen LogP contribution in [0.25, 0.3) is 0 Å². The number of benzene rings is 1. The topological polar surface area (TPSA) is 47.6 Å². The van der Waals surface area contributed by atoms with Gasteiger partial charge in [-0.2, -0.15) is 0 Å². The summed E-state index contributed by atoms with van der Waals surface area (Å²) in [7, 11) is 1.63. The molecule has 1 aliphatic carbocycles. The van der Waals surface area contributed by atoms with E-state index in [0.29, 0.717) is 12.5 Å². The van der Waals surface area contributed by atoms with Gasteiger partial charge in [0.25, 0.3) is 5.91 Å². The molecule has 116 valence electrons. The number of methoxy groups -OCH3 is 1. The first kappa shape index (κ1) is 15.8. The quantitative estimate of drug-likeness (QED) is 0.901. The molecule has 0 saturated heterocycles. The average molecular weight is 291 g/mol. The van der Waals surface area contributed by atoms with Gasteiger partial charge < -0.3 is 14.8 Å². The van der Waals surface area contributed by atoms with Gasteiger partial charge in [0.05, 0.1) is 7.11 Å². The highest BCUT2D eigenvalue weighted by Crippen LogP contribution is 2.35. The maximum atomic E-state index is 12.7. The number of ether oxygens (including phenoxy) is 2. The van der Waals surface area contributed by atoms with Crippen molar-refractivity contribution in [2.24, 2.45) is 5.92 Å². The van der Waals surface area contributed by atoms with E-state index in [1.54, 1.807) is 7.11 Å². The summed E-state index contributed by atoms with van der Waals surface area (Å²) in [5.74, 6) is 1.42. The number of nitrogens with one attached hydrogen (secondary N) is 1. The Balaban J connectivity index is 2.07. The van der Waals surface area contributed by atoms with E-state index in [4.69, 9.17) is 9.47 Å². The van der Waals surface area contributed by atoms with Crippen molar-refractivity contribution < 1.29 is 14.3 Å². The van der Waals surface area contributed by atoms with Crippen molar-refractivity contribution in [3.63, 3.8) is 0 Å². The Morgan fingerprint density at radius 3 is 2.43 bits per heavy atom. The monoisotopic (exact) mass is 291 g/mol. The van der Waals surface area contributed by atoms with Gasteiger partial charge in [-0.3, -0.25) is 4.79 Å². The molecule has 1 N–H and O–H groups in total. The van der Waals surface area contributed by atoms with E-state index in [1.807, 2.05) is 31.2 Å². The Labute approximate surface area is 126 Å². The molecule has 0 aliphatic heterocycles. The van der Waals surface area contributed by atoms with Gasteiger partial charge in [0.15, 0.2) is 0 Å². The normalized spacial score (nSPS) is 25.4. The second-order valence-corrected chi connectivity index (χ2v) is 5.79. The van der Waals surface area contributed by atoms with Gasteiger partial charge in [-0.15, -0.1) is 0 Å². The van der Waals surface area contributed by atoms with Crippen molar-refractivity contribution >= 4 is 11.6 Å². The summed E-state index contributed by atoms with van der Waals surface area (Å²) in [6, 6.07) is 7.38. The second kappa shape index (κ2) is 6.94. The van der Waals surface area contributed by atoms with Crippen LogP contribution in [-0.2, 0) is 9.53 Å². The molecule has 4 nitrogen and oxygen atoms in total. The van der Waals surface area contributed by atoms with Crippen molar-refractivity contribution in [1.82, 2.24) is 0 Å². The van der Waals surface area contributed by atoms with E-state index in [1.165, 1.54) is 0 Å². The lowest BCUT2D eigenvalue weighted by atomic mass is 9.78. The standard InChI is InChI=1S/C17H25NO3/c1-4-21-17(11-9-13(2)10-12-17)16(19)18-14-5-7-15(20-3)8-6-14/h5-8,13H,4,9-12H2,1-3H3,(H,18,19). The van der Waals surface area contributed by atoms with E-state index in [2.05, 4.69) is 12.2 Å². The Morgan fingerprint density at radius 1 is 1.29 bits per heavy atom. The van der Waals surface area contributed by atoms with Gasteiger partial charge in [-0.05, 0) is 62.8 Å². The molecule has 1 amide bonds. The molecule has 1 fully saturated rings. The van der Waals surface area contributed by atoms with Crippen LogP contribution in [0.5, 0.6) is 5.75 Å². The Morgan fingerprint density at radius 2 is 1.90 bits per heavy atom. The lowest BCUT2D eigenvalue weighted by Gasteiger charge is -2.37. The molecule has 1 aliphatic rings. The number of amides is 1. The van der Waals surface area contributed by atoms with Gasteiger partial charge in [0.2, 0.25) is 0 Å². The summed E-state index contributed by atoms with van der Waals surface area (Å²) < 4.78 is 11.0. The first-order chi connectivity index (χ1) is 10.1. The van der Waals surface area contributed by atoms with E-state index in [-0.39, 0.29) is 5.91 Å². The molecular weight excluding hydrogens is 266 g/mol. The van der Waals surface area contributed by atoms with E-state index >= 15 is 0 Å². The number of carbonyl (C=O) groups is 1. The Kier molecular flexibility index (Phi) is 5.23. The van der Waals surface area contributed by atoms with Crippen LogP contribution < -0.4 is 10.1 Å². The fraction of sp³-hybridized carbons (Fsp3) is 0.588. The fourth-order valence-corrected chi connectivity index (χ4v) is 2.86. The average Bonchev–Trinajstić information content (AvgIpc) is 2.51. The van der Waals surface area contributed by atoms with Crippen molar-refractivity contribution in [2.45, 2.75) is 45.1 Å². The van der Waals surface area contributed by atoms with Crippen LogP contribution >= 0.6 is 0 Å². The molecule has 4 heteroatoms. The first-order valence-corrected chi connectivity index (χ1v) is 7.69. The summed E-state index contributed by atoms with van der Waals surface area (Å²) in [5.41, 5.74) is 0.111. The molecule has 21 heavy (non-hydrogen) atoms. The lowest BCUT2D eigenvalue weighted by molar-refractivity contribution is -0.146. The minimum Gasteiger partial charge on any atom is -0.497 e. The number of hydrogen-bond donors (Lipinski definition) is 1. The molecule has 0 bridgehead atoms. The van der Waals surface area contributed by atoms with Gasteiger partial charge in [-0.25, -0.2) is 0 Å². The minimum absolute atomic E-state index is 0.0265. The molecule has 0 heterocycles. The molecule has 0 unspecified atom stereocenters. The molecule has 1 saturated carbocycles. The third kappa shape index (κ3) is 3.76. The molecule has 0 spiro atoms. The number of carbonyl (C=O) groups excluding carboxylic acids is 1. The molecule has 0 atom stereocenters.